The van der Waals surface area contributed by atoms with Crippen LogP contribution in [0, 0.1) is 0 Å². The first-order valence-corrected chi connectivity index (χ1v) is 12.6. The smallest absolute Gasteiger partial charge is 0.143 e. The Morgan fingerprint density at radius 2 is 0.976 bits per heavy atom. The zero-order valence-electron chi connectivity index (χ0n) is 38.9. The summed E-state index contributed by atoms with van der Waals surface area (Å²) >= 11 is 0. The molecule has 0 saturated carbocycles. The Labute approximate surface area is 262 Å². The van der Waals surface area contributed by atoms with Gasteiger partial charge < -0.3 is 4.42 Å². The van der Waals surface area contributed by atoms with Crippen LogP contribution < -0.4 is 0 Å². The Morgan fingerprint density at radius 3 is 1.66 bits per heavy atom. The van der Waals surface area contributed by atoms with Crippen LogP contribution in [0.15, 0.2) is 150 Å². The van der Waals surface area contributed by atoms with Gasteiger partial charge in [0.25, 0.3) is 0 Å². The normalized spacial score (nSPS) is 18.0. The molecular weight excluding hydrogens is 496 g/mol. The zero-order valence-corrected chi connectivity index (χ0v) is 20.9. The Morgan fingerprint density at radius 1 is 0.415 bits per heavy atom. The third-order valence-corrected chi connectivity index (χ3v) is 7.39. The summed E-state index contributed by atoms with van der Waals surface area (Å²) in [6.45, 7) is 0. The van der Waals surface area contributed by atoms with Crippen molar-refractivity contribution in [1.82, 2.24) is 0 Å². The Bertz CT molecular complexity index is 3390. The van der Waals surface area contributed by atoms with E-state index in [-0.39, 0.29) is 70.6 Å². The number of rotatable bonds is 2. The van der Waals surface area contributed by atoms with Crippen LogP contribution in [0.2, 0.25) is 0 Å². The summed E-state index contributed by atoms with van der Waals surface area (Å²) in [5, 5.41) is -2.19. The maximum atomic E-state index is 9.55. The van der Waals surface area contributed by atoms with E-state index in [1.807, 2.05) is 0 Å². The molecular formula is C40H24O. The number of hydrogen-bond acceptors (Lipinski definition) is 1. The molecule has 8 aromatic carbocycles. The van der Waals surface area contributed by atoms with Gasteiger partial charge in [0.2, 0.25) is 0 Å². The summed E-state index contributed by atoms with van der Waals surface area (Å²) < 4.78 is 168. The molecule has 190 valence electrons. The van der Waals surface area contributed by atoms with Gasteiger partial charge in [-0.25, -0.2) is 0 Å². The lowest BCUT2D eigenvalue weighted by atomic mass is 9.84. The summed E-state index contributed by atoms with van der Waals surface area (Å²) in [7, 11) is 0. The molecule has 9 aromatic rings. The molecule has 0 radical (unpaired) electrons. The standard InChI is InChI=1S/C40H24O/c1-2-13-25(14-3-1)36-29-18-7-9-20-31(29)37(32-21-10-8-19-30(32)36)34-23-12-24-35-38(34)39-28-17-6-4-15-26(28)27-16-5-11-22-33(27)40(39)41-35/h1-24H/i4D,5D,6D,7D,8D,9D,10D,11D,12D,15D,16D,17D,18D,19D,20D,21D,23D,24D. The predicted octanol–water partition coefficient (Wildman–Crippen LogP) is 11.5. The van der Waals surface area contributed by atoms with Gasteiger partial charge in [-0.2, -0.15) is 0 Å². The van der Waals surface area contributed by atoms with Gasteiger partial charge in [0.15, 0.2) is 0 Å². The Balaban J connectivity index is 1.72. The van der Waals surface area contributed by atoms with Gasteiger partial charge in [-0.1, -0.05) is 139 Å². The van der Waals surface area contributed by atoms with E-state index in [2.05, 4.69) is 0 Å². The summed E-state index contributed by atoms with van der Waals surface area (Å²) in [6.07, 6.45) is 0. The van der Waals surface area contributed by atoms with Crippen LogP contribution in [0.25, 0.3) is 87.3 Å². The molecule has 1 aromatic heterocycles. The van der Waals surface area contributed by atoms with Crippen molar-refractivity contribution < 1.29 is 29.1 Å². The average Bonchev–Trinajstić information content (AvgIpc) is 3.62. The van der Waals surface area contributed by atoms with Crippen LogP contribution in [0.1, 0.15) is 24.7 Å². The van der Waals surface area contributed by atoms with Gasteiger partial charge in [0.1, 0.15) is 11.2 Å². The molecule has 0 amide bonds. The van der Waals surface area contributed by atoms with E-state index in [4.69, 9.17) is 20.9 Å². The molecule has 0 aliphatic carbocycles. The van der Waals surface area contributed by atoms with E-state index in [1.165, 1.54) is 6.07 Å². The van der Waals surface area contributed by atoms with Crippen molar-refractivity contribution in [2.75, 3.05) is 0 Å². The average molecular weight is 539 g/mol. The van der Waals surface area contributed by atoms with Gasteiger partial charge >= 0.3 is 0 Å². The zero-order chi connectivity index (χ0) is 42.6. The lowest BCUT2D eigenvalue weighted by Crippen LogP contribution is -1.91. The van der Waals surface area contributed by atoms with Crippen molar-refractivity contribution in [3.8, 4) is 22.3 Å². The molecule has 0 unspecified atom stereocenters. The van der Waals surface area contributed by atoms with Crippen LogP contribution in [-0.4, -0.2) is 0 Å². The van der Waals surface area contributed by atoms with Crippen molar-refractivity contribution in [3.05, 3.63) is 145 Å². The molecule has 9 rings (SSSR count). The molecule has 41 heavy (non-hydrogen) atoms. The van der Waals surface area contributed by atoms with Gasteiger partial charge in [-0.15, -0.1) is 0 Å². The minimum absolute atomic E-state index is 0.0316. The van der Waals surface area contributed by atoms with Crippen molar-refractivity contribution in [3.63, 3.8) is 0 Å². The highest BCUT2D eigenvalue weighted by Crippen LogP contribution is 2.48. The first-order valence-electron chi connectivity index (χ1n) is 21.6. The third-order valence-electron chi connectivity index (χ3n) is 7.39. The molecule has 1 heterocycles. The molecule has 1 nitrogen and oxygen atoms in total. The van der Waals surface area contributed by atoms with Gasteiger partial charge in [-0.05, 0) is 66.0 Å². The minimum Gasteiger partial charge on any atom is -0.455 e. The van der Waals surface area contributed by atoms with Gasteiger partial charge in [0, 0.05) is 16.2 Å². The monoisotopic (exact) mass is 538 g/mol. The first kappa shape index (κ1) is 11.2. The molecule has 0 fully saturated rings. The van der Waals surface area contributed by atoms with E-state index < -0.39 is 120 Å². The van der Waals surface area contributed by atoms with Crippen molar-refractivity contribution >= 4 is 65.0 Å². The van der Waals surface area contributed by atoms with E-state index in [0.717, 1.165) is 0 Å². The molecule has 0 saturated heterocycles. The molecule has 0 spiro atoms. The first-order chi connectivity index (χ1) is 27.8. The van der Waals surface area contributed by atoms with Crippen LogP contribution >= 0.6 is 0 Å². The number of benzene rings is 8. The quantitative estimate of drug-likeness (QED) is 0.158. The summed E-state index contributed by atoms with van der Waals surface area (Å²) in [6, 6.07) is -2.29. The maximum absolute atomic E-state index is 9.55. The summed E-state index contributed by atoms with van der Waals surface area (Å²) in [5.74, 6) is 0. The number of furan rings is 1. The largest absolute Gasteiger partial charge is 0.455 e. The molecule has 0 aliphatic rings. The highest BCUT2D eigenvalue weighted by molar-refractivity contribution is 6.34. The summed E-state index contributed by atoms with van der Waals surface area (Å²) in [5.41, 5.74) is -1.06. The SMILES string of the molecule is [2H]c1cc2c3oc4c([2H])c([2H])c([2H])c(-c5c6c([2H])c([2H])c([2H])c([2H])c6c(-c6ccccc6)c6c([2H])c([2H])c([2H])c([2H])c56)c4c3c3c([2H])c([2H])c([2H])c([2H])c3c2c([2H])c1[2H]. The fraction of sp³-hybridized carbons (Fsp3) is 0. The lowest BCUT2D eigenvalue weighted by Gasteiger charge is -2.18. The maximum Gasteiger partial charge on any atom is 0.143 e. The van der Waals surface area contributed by atoms with E-state index >= 15 is 0 Å². The molecule has 0 aliphatic heterocycles. The lowest BCUT2D eigenvalue weighted by molar-refractivity contribution is 0.673. The summed E-state index contributed by atoms with van der Waals surface area (Å²) in [4.78, 5) is 0. The van der Waals surface area contributed by atoms with E-state index in [9.17, 15) is 8.22 Å². The topological polar surface area (TPSA) is 13.1 Å². The van der Waals surface area contributed by atoms with Gasteiger partial charge in [-0.3, -0.25) is 0 Å². The second kappa shape index (κ2) is 8.55. The molecule has 1 heteroatoms. The number of hydrogen-bond donors (Lipinski definition) is 0. The molecule has 0 bridgehead atoms. The second-order valence-electron chi connectivity index (χ2n) is 9.45. The fourth-order valence-electron chi connectivity index (χ4n) is 5.77. The van der Waals surface area contributed by atoms with Crippen molar-refractivity contribution in [1.29, 1.82) is 0 Å². The Kier molecular flexibility index (Phi) is 2.34. The third kappa shape index (κ3) is 3.12. The Hall–Kier alpha value is -5.40. The number of fused-ring (bicyclic) bond motifs is 10. The molecule has 0 N–H and O–H groups in total. The van der Waals surface area contributed by atoms with E-state index in [0.29, 0.717) is 5.56 Å². The fourth-order valence-corrected chi connectivity index (χ4v) is 5.77. The molecule has 0 atom stereocenters. The predicted molar refractivity (Wildman–Crippen MR) is 175 cm³/mol. The van der Waals surface area contributed by atoms with Crippen LogP contribution in [0.5, 0.6) is 0 Å². The van der Waals surface area contributed by atoms with Gasteiger partial charge in [0.05, 0.1) is 24.7 Å². The highest BCUT2D eigenvalue weighted by Gasteiger charge is 2.22. The van der Waals surface area contributed by atoms with Crippen LogP contribution in [0.4, 0.5) is 0 Å². The van der Waals surface area contributed by atoms with Crippen molar-refractivity contribution in [2.24, 2.45) is 0 Å². The van der Waals surface area contributed by atoms with E-state index in [1.54, 1.807) is 30.3 Å². The van der Waals surface area contributed by atoms with Crippen molar-refractivity contribution in [2.45, 2.75) is 0 Å². The van der Waals surface area contributed by atoms with Crippen LogP contribution in [0.3, 0.4) is 0 Å². The second-order valence-corrected chi connectivity index (χ2v) is 9.45. The highest BCUT2D eigenvalue weighted by atomic mass is 16.3. The van der Waals surface area contributed by atoms with Crippen LogP contribution in [-0.2, 0) is 0 Å². The minimum atomic E-state index is -0.756.